The third kappa shape index (κ3) is 2.85. The molecule has 1 N–H and O–H groups in total. The predicted molar refractivity (Wildman–Crippen MR) is 60.6 cm³/mol. The summed E-state index contributed by atoms with van der Waals surface area (Å²) in [6.07, 6.45) is 0.716. The van der Waals surface area contributed by atoms with Gasteiger partial charge >= 0.3 is 0 Å². The van der Waals surface area contributed by atoms with E-state index in [9.17, 15) is 8.42 Å². The second kappa shape index (κ2) is 4.75. The molecule has 1 fully saturated rings. The van der Waals surface area contributed by atoms with Gasteiger partial charge in [0.15, 0.2) is 0 Å². The van der Waals surface area contributed by atoms with Crippen LogP contribution in [0.1, 0.15) is 17.9 Å². The van der Waals surface area contributed by atoms with Crippen molar-refractivity contribution in [1.29, 1.82) is 0 Å². The number of sulfonamides is 1. The molecule has 17 heavy (non-hydrogen) atoms. The van der Waals surface area contributed by atoms with Crippen LogP contribution in [0.2, 0.25) is 0 Å². The Balaban J connectivity index is 2.04. The quantitative estimate of drug-likeness (QED) is 0.831. The van der Waals surface area contributed by atoms with Crippen molar-refractivity contribution in [3.63, 3.8) is 0 Å². The van der Waals surface area contributed by atoms with Crippen LogP contribution in [0.3, 0.4) is 0 Å². The molecule has 2 rings (SSSR count). The molecule has 0 radical (unpaired) electrons. The molecular weight excluding hydrogens is 244 g/mol. The molecule has 0 aliphatic carbocycles. The smallest absolute Gasteiger partial charge is 0.219 e. The van der Waals surface area contributed by atoms with Gasteiger partial charge in [0.25, 0.3) is 0 Å². The Kier molecular flexibility index (Phi) is 3.50. The van der Waals surface area contributed by atoms with Gasteiger partial charge in [0.05, 0.1) is 0 Å². The first-order chi connectivity index (χ1) is 8.01. The van der Waals surface area contributed by atoms with E-state index in [1.807, 2.05) is 0 Å². The summed E-state index contributed by atoms with van der Waals surface area (Å²) in [5, 5.41) is 12.7. The maximum absolute atomic E-state index is 12.0. The summed E-state index contributed by atoms with van der Waals surface area (Å²) in [6.45, 7) is 2.63. The molecule has 1 saturated heterocycles. The monoisotopic (exact) mass is 260 g/mol. The van der Waals surface area contributed by atoms with Crippen molar-refractivity contribution in [3.8, 4) is 0 Å². The molecule has 1 aromatic rings. The van der Waals surface area contributed by atoms with Gasteiger partial charge in [0.2, 0.25) is 10.0 Å². The summed E-state index contributed by atoms with van der Waals surface area (Å²) in [4.78, 5) is 0. The van der Waals surface area contributed by atoms with E-state index in [2.05, 4.69) is 5.16 Å². The summed E-state index contributed by atoms with van der Waals surface area (Å²) in [5.41, 5.74) is 0.426. The fourth-order valence-corrected chi connectivity index (χ4v) is 3.48. The van der Waals surface area contributed by atoms with E-state index in [-0.39, 0.29) is 18.3 Å². The average molecular weight is 260 g/mol. The molecule has 6 nitrogen and oxygen atoms in total. The van der Waals surface area contributed by atoms with E-state index in [0.717, 1.165) is 0 Å². The van der Waals surface area contributed by atoms with Crippen molar-refractivity contribution in [2.75, 3.05) is 19.7 Å². The van der Waals surface area contributed by atoms with Crippen LogP contribution in [-0.2, 0) is 15.8 Å². The molecule has 0 aromatic carbocycles. The first-order valence-electron chi connectivity index (χ1n) is 5.52. The van der Waals surface area contributed by atoms with Crippen LogP contribution in [0.5, 0.6) is 0 Å². The lowest BCUT2D eigenvalue weighted by atomic mass is 10.1. The van der Waals surface area contributed by atoms with Gasteiger partial charge in [-0.2, -0.15) is 0 Å². The molecule has 1 aromatic heterocycles. The molecule has 1 aliphatic rings. The van der Waals surface area contributed by atoms with Gasteiger partial charge in [-0.15, -0.1) is 0 Å². The second-order valence-electron chi connectivity index (χ2n) is 4.38. The van der Waals surface area contributed by atoms with Gasteiger partial charge in [-0.05, 0) is 19.3 Å². The van der Waals surface area contributed by atoms with E-state index in [0.29, 0.717) is 31.0 Å². The van der Waals surface area contributed by atoms with E-state index in [1.165, 1.54) is 4.31 Å². The SMILES string of the molecule is Cc1cc(CS(=O)(=O)N2CCC(CO)C2)no1. The zero-order chi connectivity index (χ0) is 12.5. The number of rotatable bonds is 4. The topological polar surface area (TPSA) is 83.6 Å². The Morgan fingerprint density at radius 1 is 1.65 bits per heavy atom. The zero-order valence-corrected chi connectivity index (χ0v) is 10.5. The Morgan fingerprint density at radius 2 is 2.41 bits per heavy atom. The maximum atomic E-state index is 12.0. The summed E-state index contributed by atoms with van der Waals surface area (Å²) in [5.74, 6) is 0.524. The van der Waals surface area contributed by atoms with E-state index >= 15 is 0 Å². The van der Waals surface area contributed by atoms with Gasteiger partial charge < -0.3 is 9.63 Å². The number of aryl methyl sites for hydroxylation is 1. The van der Waals surface area contributed by atoms with Crippen molar-refractivity contribution >= 4 is 10.0 Å². The number of aliphatic hydroxyl groups is 1. The number of hydrogen-bond acceptors (Lipinski definition) is 5. The fourth-order valence-electron chi connectivity index (χ4n) is 1.96. The van der Waals surface area contributed by atoms with Crippen LogP contribution < -0.4 is 0 Å². The molecule has 1 unspecified atom stereocenters. The van der Waals surface area contributed by atoms with Crippen molar-refractivity contribution in [2.24, 2.45) is 5.92 Å². The van der Waals surface area contributed by atoms with Crippen LogP contribution in [-0.4, -0.2) is 42.7 Å². The largest absolute Gasteiger partial charge is 0.396 e. The van der Waals surface area contributed by atoms with Gasteiger partial charge in [0.1, 0.15) is 17.2 Å². The highest BCUT2D eigenvalue weighted by molar-refractivity contribution is 7.88. The number of aliphatic hydroxyl groups excluding tert-OH is 1. The normalized spacial score (nSPS) is 22.1. The van der Waals surface area contributed by atoms with E-state index in [1.54, 1.807) is 13.0 Å². The maximum Gasteiger partial charge on any atom is 0.219 e. The molecule has 0 bridgehead atoms. The van der Waals surface area contributed by atoms with Gasteiger partial charge in [-0.25, -0.2) is 12.7 Å². The predicted octanol–water partition coefficient (Wildman–Crippen LogP) is 0.127. The van der Waals surface area contributed by atoms with Crippen molar-refractivity contribution < 1.29 is 18.0 Å². The van der Waals surface area contributed by atoms with Crippen molar-refractivity contribution in [1.82, 2.24) is 9.46 Å². The third-order valence-corrected chi connectivity index (χ3v) is 4.69. The highest BCUT2D eigenvalue weighted by Gasteiger charge is 2.31. The fraction of sp³-hybridized carbons (Fsp3) is 0.700. The Hall–Kier alpha value is -0.920. The van der Waals surface area contributed by atoms with E-state index < -0.39 is 10.0 Å². The van der Waals surface area contributed by atoms with Gasteiger partial charge in [-0.3, -0.25) is 0 Å². The molecule has 96 valence electrons. The molecule has 1 aliphatic heterocycles. The molecule has 1 atom stereocenters. The van der Waals surface area contributed by atoms with Crippen molar-refractivity contribution in [3.05, 3.63) is 17.5 Å². The molecule has 0 saturated carbocycles. The summed E-state index contributed by atoms with van der Waals surface area (Å²) < 4.78 is 30.3. The molecule has 0 amide bonds. The van der Waals surface area contributed by atoms with Crippen LogP contribution >= 0.6 is 0 Å². The lowest BCUT2D eigenvalue weighted by Crippen LogP contribution is -2.30. The van der Waals surface area contributed by atoms with E-state index in [4.69, 9.17) is 9.63 Å². The van der Waals surface area contributed by atoms with Gasteiger partial charge in [0, 0.05) is 25.8 Å². The second-order valence-corrected chi connectivity index (χ2v) is 6.35. The van der Waals surface area contributed by atoms with Crippen molar-refractivity contribution in [2.45, 2.75) is 19.1 Å². The first-order valence-corrected chi connectivity index (χ1v) is 7.13. The molecule has 0 spiro atoms. The molecular formula is C10H16N2O4S. The minimum Gasteiger partial charge on any atom is -0.396 e. The minimum atomic E-state index is -3.34. The Morgan fingerprint density at radius 3 is 2.94 bits per heavy atom. The van der Waals surface area contributed by atoms with Crippen LogP contribution in [0.4, 0.5) is 0 Å². The zero-order valence-electron chi connectivity index (χ0n) is 9.66. The lowest BCUT2D eigenvalue weighted by Gasteiger charge is -2.14. The highest BCUT2D eigenvalue weighted by Crippen LogP contribution is 2.21. The number of hydrogen-bond donors (Lipinski definition) is 1. The standard InChI is InChI=1S/C10H16N2O4S/c1-8-4-10(11-16-8)7-17(14,15)12-3-2-9(5-12)6-13/h4,9,13H,2-3,5-7H2,1H3. The average Bonchev–Trinajstić information content (AvgIpc) is 2.86. The minimum absolute atomic E-state index is 0.0368. The summed E-state index contributed by atoms with van der Waals surface area (Å²) >= 11 is 0. The summed E-state index contributed by atoms with van der Waals surface area (Å²) in [7, 11) is -3.34. The first kappa shape index (κ1) is 12.5. The van der Waals surface area contributed by atoms with Crippen LogP contribution in [0, 0.1) is 12.8 Å². The highest BCUT2D eigenvalue weighted by atomic mass is 32.2. The number of aromatic nitrogens is 1. The number of nitrogens with zero attached hydrogens (tertiary/aromatic N) is 2. The third-order valence-electron chi connectivity index (χ3n) is 2.91. The summed E-state index contributed by atoms with van der Waals surface area (Å²) in [6, 6.07) is 1.62. The Labute approximate surface area is 100 Å². The lowest BCUT2D eigenvalue weighted by molar-refractivity contribution is 0.233. The molecule has 7 heteroatoms. The Bertz CT molecular complexity index is 482. The molecule has 2 heterocycles. The van der Waals surface area contributed by atoms with Crippen LogP contribution in [0.25, 0.3) is 0 Å². The van der Waals surface area contributed by atoms with Gasteiger partial charge in [-0.1, -0.05) is 5.16 Å². The van der Waals surface area contributed by atoms with Crippen LogP contribution in [0.15, 0.2) is 10.6 Å².